The second kappa shape index (κ2) is 6.80. The van der Waals surface area contributed by atoms with Crippen molar-refractivity contribution in [3.8, 4) is 0 Å². The third-order valence-corrected chi connectivity index (χ3v) is 4.28. The van der Waals surface area contributed by atoms with Crippen molar-refractivity contribution in [2.45, 2.75) is 19.9 Å². The fourth-order valence-corrected chi connectivity index (χ4v) is 2.92. The number of rotatable bonds is 6. The summed E-state index contributed by atoms with van der Waals surface area (Å²) in [7, 11) is 1.87. The Bertz CT molecular complexity index is 925. The predicted molar refractivity (Wildman–Crippen MR) is 93.3 cm³/mol. The first kappa shape index (κ1) is 16.8. The minimum atomic E-state index is -0.967. The highest BCUT2D eigenvalue weighted by Crippen LogP contribution is 2.24. The molecule has 7 nitrogen and oxygen atoms in total. The van der Waals surface area contributed by atoms with Crippen molar-refractivity contribution in [1.82, 2.24) is 19.4 Å². The SMILES string of the molecule is CCN(Cc1nccn1C)C(=O)c1[nH]c2ccccc2c1CC(=O)O. The van der Waals surface area contributed by atoms with E-state index in [1.807, 2.05) is 49.0 Å². The van der Waals surface area contributed by atoms with E-state index in [1.165, 1.54) is 0 Å². The summed E-state index contributed by atoms with van der Waals surface area (Å²) in [6.45, 7) is 2.74. The lowest BCUT2D eigenvalue weighted by Gasteiger charge is -2.20. The molecule has 0 saturated carbocycles. The van der Waals surface area contributed by atoms with Crippen molar-refractivity contribution in [3.05, 3.63) is 53.7 Å². The van der Waals surface area contributed by atoms with Crippen molar-refractivity contribution >= 4 is 22.8 Å². The molecule has 1 aromatic carbocycles. The number of benzene rings is 1. The average Bonchev–Trinajstić information content (AvgIpc) is 3.16. The number of aliphatic carboxylic acids is 1. The van der Waals surface area contributed by atoms with Gasteiger partial charge in [-0.1, -0.05) is 18.2 Å². The van der Waals surface area contributed by atoms with Crippen molar-refractivity contribution in [1.29, 1.82) is 0 Å². The van der Waals surface area contributed by atoms with Crippen LogP contribution in [0.3, 0.4) is 0 Å². The van der Waals surface area contributed by atoms with Crippen molar-refractivity contribution in [3.63, 3.8) is 0 Å². The number of nitrogens with zero attached hydrogens (tertiary/aromatic N) is 3. The minimum Gasteiger partial charge on any atom is -0.481 e. The van der Waals surface area contributed by atoms with E-state index in [2.05, 4.69) is 9.97 Å². The maximum atomic E-state index is 13.1. The summed E-state index contributed by atoms with van der Waals surface area (Å²) in [5, 5.41) is 10.0. The van der Waals surface area contributed by atoms with Gasteiger partial charge in [-0.2, -0.15) is 0 Å². The molecular weight excluding hydrogens is 320 g/mol. The normalized spacial score (nSPS) is 11.0. The Hall–Kier alpha value is -3.09. The molecule has 2 heterocycles. The Morgan fingerprint density at radius 1 is 1.32 bits per heavy atom. The first-order chi connectivity index (χ1) is 12.0. The molecule has 0 spiro atoms. The van der Waals surface area contributed by atoms with E-state index in [0.29, 0.717) is 24.3 Å². The van der Waals surface area contributed by atoms with Crippen molar-refractivity contribution in [2.24, 2.45) is 7.05 Å². The highest BCUT2D eigenvalue weighted by atomic mass is 16.4. The van der Waals surface area contributed by atoms with E-state index < -0.39 is 5.97 Å². The first-order valence-electron chi connectivity index (χ1n) is 8.08. The number of hydrogen-bond donors (Lipinski definition) is 2. The minimum absolute atomic E-state index is 0.203. The number of H-pyrrole nitrogens is 1. The number of hydrogen-bond acceptors (Lipinski definition) is 3. The maximum absolute atomic E-state index is 13.1. The van der Waals surface area contributed by atoms with Crippen LogP contribution < -0.4 is 0 Å². The zero-order valence-corrected chi connectivity index (χ0v) is 14.2. The molecule has 25 heavy (non-hydrogen) atoms. The van der Waals surface area contributed by atoms with Crippen LogP contribution in [0.2, 0.25) is 0 Å². The van der Waals surface area contributed by atoms with Crippen LogP contribution in [-0.4, -0.2) is 43.0 Å². The molecule has 0 bridgehead atoms. The molecule has 3 aromatic rings. The maximum Gasteiger partial charge on any atom is 0.307 e. The lowest BCUT2D eigenvalue weighted by molar-refractivity contribution is -0.136. The second-order valence-corrected chi connectivity index (χ2v) is 5.87. The number of amides is 1. The van der Waals surface area contributed by atoms with Gasteiger partial charge in [-0.15, -0.1) is 0 Å². The van der Waals surface area contributed by atoms with E-state index in [9.17, 15) is 14.7 Å². The number of aromatic nitrogens is 3. The van der Waals surface area contributed by atoms with Gasteiger partial charge in [0.15, 0.2) is 0 Å². The summed E-state index contributed by atoms with van der Waals surface area (Å²) in [5.41, 5.74) is 1.61. The molecule has 130 valence electrons. The van der Waals surface area contributed by atoms with Crippen LogP contribution in [-0.2, 0) is 24.8 Å². The molecule has 2 aromatic heterocycles. The van der Waals surface area contributed by atoms with Gasteiger partial charge in [-0.25, -0.2) is 4.98 Å². The molecule has 0 aliphatic carbocycles. The number of carboxylic acid groups (broad SMARTS) is 1. The zero-order valence-electron chi connectivity index (χ0n) is 14.2. The smallest absolute Gasteiger partial charge is 0.307 e. The van der Waals surface area contributed by atoms with Crippen LogP contribution in [0.1, 0.15) is 28.8 Å². The summed E-state index contributed by atoms with van der Waals surface area (Å²) >= 11 is 0. The number of imidazole rings is 1. The summed E-state index contributed by atoms with van der Waals surface area (Å²) in [5.74, 6) is -0.421. The predicted octanol–water partition coefficient (Wildman–Crippen LogP) is 2.19. The Morgan fingerprint density at radius 2 is 2.08 bits per heavy atom. The van der Waals surface area contributed by atoms with Crippen LogP contribution in [0.15, 0.2) is 36.7 Å². The molecule has 7 heteroatoms. The number of aryl methyl sites for hydroxylation is 1. The van der Waals surface area contributed by atoms with Crippen LogP contribution in [0, 0.1) is 0 Å². The molecule has 1 amide bonds. The standard InChI is InChI=1S/C18H20N4O3/c1-3-22(11-15-19-8-9-21(15)2)18(25)17-13(10-16(23)24)12-6-4-5-7-14(12)20-17/h4-9,20H,3,10-11H2,1-2H3,(H,23,24). The van der Waals surface area contributed by atoms with Crippen LogP contribution in [0.25, 0.3) is 10.9 Å². The molecule has 0 saturated heterocycles. The van der Waals surface area contributed by atoms with Gasteiger partial charge in [0.25, 0.3) is 5.91 Å². The molecule has 0 unspecified atom stereocenters. The molecule has 0 fully saturated rings. The van der Waals surface area contributed by atoms with Gasteiger partial charge < -0.3 is 19.6 Å². The number of fused-ring (bicyclic) bond motifs is 1. The monoisotopic (exact) mass is 340 g/mol. The summed E-state index contributed by atoms with van der Waals surface area (Å²) in [4.78, 5) is 33.3. The van der Waals surface area contributed by atoms with E-state index in [-0.39, 0.29) is 12.3 Å². The lowest BCUT2D eigenvalue weighted by Crippen LogP contribution is -2.32. The summed E-state index contributed by atoms with van der Waals surface area (Å²) < 4.78 is 1.86. The number of nitrogens with one attached hydrogen (secondary N) is 1. The Balaban J connectivity index is 1.99. The van der Waals surface area contributed by atoms with Crippen molar-refractivity contribution < 1.29 is 14.7 Å². The van der Waals surface area contributed by atoms with Crippen LogP contribution >= 0.6 is 0 Å². The zero-order chi connectivity index (χ0) is 18.0. The van der Waals surface area contributed by atoms with Gasteiger partial charge in [0.05, 0.1) is 13.0 Å². The Labute approximate surface area is 144 Å². The number of carboxylic acids is 1. The highest BCUT2D eigenvalue weighted by Gasteiger charge is 2.24. The highest BCUT2D eigenvalue weighted by molar-refractivity contribution is 6.02. The van der Waals surface area contributed by atoms with Gasteiger partial charge in [0.1, 0.15) is 11.5 Å². The third-order valence-electron chi connectivity index (χ3n) is 4.28. The van der Waals surface area contributed by atoms with Gasteiger partial charge in [0.2, 0.25) is 0 Å². The molecule has 3 rings (SSSR count). The molecular formula is C18H20N4O3. The van der Waals surface area contributed by atoms with Gasteiger partial charge >= 0.3 is 5.97 Å². The fraction of sp³-hybridized carbons (Fsp3) is 0.278. The van der Waals surface area contributed by atoms with E-state index in [1.54, 1.807) is 11.1 Å². The largest absolute Gasteiger partial charge is 0.481 e. The topological polar surface area (TPSA) is 91.2 Å². The summed E-state index contributed by atoms with van der Waals surface area (Å²) in [6, 6.07) is 7.35. The number of aromatic amines is 1. The Morgan fingerprint density at radius 3 is 2.72 bits per heavy atom. The average molecular weight is 340 g/mol. The Kier molecular flexibility index (Phi) is 4.56. The second-order valence-electron chi connectivity index (χ2n) is 5.87. The lowest BCUT2D eigenvalue weighted by atomic mass is 10.1. The molecule has 0 aliphatic heterocycles. The number of carbonyl (C=O) groups excluding carboxylic acids is 1. The van der Waals surface area contributed by atoms with Crippen molar-refractivity contribution in [2.75, 3.05) is 6.54 Å². The van der Waals surface area contributed by atoms with Crippen LogP contribution in [0.5, 0.6) is 0 Å². The molecule has 0 aliphatic rings. The number of carbonyl (C=O) groups is 2. The quantitative estimate of drug-likeness (QED) is 0.719. The first-order valence-corrected chi connectivity index (χ1v) is 8.08. The third kappa shape index (κ3) is 3.26. The number of para-hydroxylation sites is 1. The van der Waals surface area contributed by atoms with E-state index in [0.717, 1.165) is 16.7 Å². The molecule has 0 atom stereocenters. The van der Waals surface area contributed by atoms with Crippen LogP contribution in [0.4, 0.5) is 0 Å². The van der Waals surface area contributed by atoms with Gasteiger partial charge in [-0.3, -0.25) is 9.59 Å². The fourth-order valence-electron chi connectivity index (χ4n) is 2.92. The molecule has 2 N–H and O–H groups in total. The van der Waals surface area contributed by atoms with Gasteiger partial charge in [-0.05, 0) is 13.0 Å². The summed E-state index contributed by atoms with van der Waals surface area (Å²) in [6.07, 6.45) is 3.31. The van der Waals surface area contributed by atoms with E-state index >= 15 is 0 Å². The molecule has 0 radical (unpaired) electrons. The van der Waals surface area contributed by atoms with Gasteiger partial charge in [0, 0.05) is 42.5 Å². The van der Waals surface area contributed by atoms with E-state index in [4.69, 9.17) is 0 Å².